The molecule has 5 rings (SSSR count). The van der Waals surface area contributed by atoms with Crippen LogP contribution < -0.4 is 4.90 Å². The van der Waals surface area contributed by atoms with E-state index in [1.165, 1.54) is 23.3 Å². The minimum Gasteiger partial charge on any atom is -0.355 e. The van der Waals surface area contributed by atoms with Gasteiger partial charge in [0.15, 0.2) is 0 Å². The van der Waals surface area contributed by atoms with Gasteiger partial charge >= 0.3 is 0 Å². The summed E-state index contributed by atoms with van der Waals surface area (Å²) in [5.41, 5.74) is 2.36. The second-order valence-corrected chi connectivity index (χ2v) is 8.48. The zero-order chi connectivity index (χ0) is 17.0. The number of hydrogen-bond donors (Lipinski definition) is 0. The van der Waals surface area contributed by atoms with Crippen LogP contribution in [-0.2, 0) is 17.8 Å². The molecular weight excluding hydrogens is 332 g/mol. The van der Waals surface area contributed by atoms with E-state index >= 15 is 0 Å². The number of thiophene rings is 1. The number of carbonyl (C=O) groups excluding carboxylic acids is 1. The van der Waals surface area contributed by atoms with E-state index in [0.717, 1.165) is 49.9 Å². The Hall–Kier alpha value is -1.95. The van der Waals surface area contributed by atoms with Gasteiger partial charge in [0.05, 0.1) is 5.92 Å². The molecule has 1 saturated heterocycles. The summed E-state index contributed by atoms with van der Waals surface area (Å²) in [7, 11) is 0. The van der Waals surface area contributed by atoms with Crippen LogP contribution >= 0.6 is 11.3 Å². The predicted octanol–water partition coefficient (Wildman–Crippen LogP) is 2.75. The van der Waals surface area contributed by atoms with Crippen molar-refractivity contribution in [1.29, 1.82) is 0 Å². The maximum atomic E-state index is 12.8. The molecule has 0 unspecified atom stereocenters. The molecule has 4 heterocycles. The summed E-state index contributed by atoms with van der Waals surface area (Å²) < 4.78 is 0. The van der Waals surface area contributed by atoms with E-state index in [-0.39, 0.29) is 5.92 Å². The van der Waals surface area contributed by atoms with Gasteiger partial charge < -0.3 is 9.80 Å². The summed E-state index contributed by atoms with van der Waals surface area (Å²) in [6.45, 7) is 5.25. The number of aryl methyl sites for hydroxylation is 1. The van der Waals surface area contributed by atoms with Crippen molar-refractivity contribution < 1.29 is 4.79 Å². The first-order valence-electron chi connectivity index (χ1n) is 9.12. The van der Waals surface area contributed by atoms with Gasteiger partial charge in [-0.15, -0.1) is 11.3 Å². The molecule has 1 aliphatic carbocycles. The lowest BCUT2D eigenvalue weighted by atomic mass is 9.97. The lowest BCUT2D eigenvalue weighted by molar-refractivity contribution is -0.137. The summed E-state index contributed by atoms with van der Waals surface area (Å²) in [6, 6.07) is 4.21. The second kappa shape index (κ2) is 5.80. The Balaban J connectivity index is 1.24. The van der Waals surface area contributed by atoms with Crippen molar-refractivity contribution in [3.63, 3.8) is 0 Å². The lowest BCUT2D eigenvalue weighted by Crippen LogP contribution is -2.55. The van der Waals surface area contributed by atoms with Gasteiger partial charge in [-0.3, -0.25) is 4.79 Å². The molecule has 0 N–H and O–H groups in total. The number of anilines is 1. The average Bonchev–Trinajstić information content (AvgIpc) is 3.30. The minimum atomic E-state index is 0.111. The minimum absolute atomic E-state index is 0.111. The molecule has 0 bridgehead atoms. The van der Waals surface area contributed by atoms with E-state index in [1.54, 1.807) is 0 Å². The molecule has 25 heavy (non-hydrogen) atoms. The molecule has 2 aliphatic heterocycles. The second-order valence-electron chi connectivity index (χ2n) is 7.48. The summed E-state index contributed by atoms with van der Waals surface area (Å²) in [6.07, 6.45) is 3.43. The fourth-order valence-corrected chi connectivity index (χ4v) is 4.67. The molecule has 0 atom stereocenters. The molecule has 3 aliphatic rings. The Labute approximate surface area is 151 Å². The van der Waals surface area contributed by atoms with E-state index in [0.29, 0.717) is 11.8 Å². The van der Waals surface area contributed by atoms with Crippen molar-refractivity contribution in [3.8, 4) is 0 Å². The highest BCUT2D eigenvalue weighted by molar-refractivity contribution is 7.10. The molecule has 0 spiro atoms. The molecule has 0 aromatic carbocycles. The van der Waals surface area contributed by atoms with E-state index in [4.69, 9.17) is 4.98 Å². The highest BCUT2D eigenvalue weighted by Gasteiger charge is 2.37. The Morgan fingerprint density at radius 1 is 1.28 bits per heavy atom. The van der Waals surface area contributed by atoms with Crippen LogP contribution in [0.15, 0.2) is 17.5 Å². The number of rotatable bonds is 3. The van der Waals surface area contributed by atoms with Gasteiger partial charge in [-0.05, 0) is 43.2 Å². The van der Waals surface area contributed by atoms with Crippen LogP contribution in [0, 0.1) is 12.8 Å². The Kier molecular flexibility index (Phi) is 3.55. The van der Waals surface area contributed by atoms with Crippen molar-refractivity contribution in [2.24, 2.45) is 5.92 Å². The van der Waals surface area contributed by atoms with Crippen molar-refractivity contribution in [2.75, 3.05) is 24.5 Å². The molecule has 6 heteroatoms. The SMILES string of the molecule is Cc1cc(N2CC(C(=O)N3CCc4sccc4C3)C2)nc(C2CC2)n1. The van der Waals surface area contributed by atoms with Gasteiger partial charge in [-0.1, -0.05) is 0 Å². The van der Waals surface area contributed by atoms with Crippen LogP contribution in [0.1, 0.15) is 40.7 Å². The van der Waals surface area contributed by atoms with E-state index in [1.807, 2.05) is 29.2 Å². The number of fused-ring (bicyclic) bond motifs is 1. The van der Waals surface area contributed by atoms with Gasteiger partial charge in [0.25, 0.3) is 0 Å². The fraction of sp³-hybridized carbons (Fsp3) is 0.526. The van der Waals surface area contributed by atoms with Crippen molar-refractivity contribution in [3.05, 3.63) is 39.5 Å². The molecule has 2 aromatic rings. The van der Waals surface area contributed by atoms with E-state index in [2.05, 4.69) is 21.3 Å². The predicted molar refractivity (Wildman–Crippen MR) is 97.9 cm³/mol. The third kappa shape index (κ3) is 2.82. The largest absolute Gasteiger partial charge is 0.355 e. The molecule has 1 saturated carbocycles. The monoisotopic (exact) mass is 354 g/mol. The molecule has 1 amide bonds. The Bertz CT molecular complexity index is 823. The number of amides is 1. The van der Waals surface area contributed by atoms with Gasteiger partial charge in [0, 0.05) is 48.7 Å². The third-order valence-corrected chi connectivity index (χ3v) is 6.50. The highest BCUT2D eigenvalue weighted by atomic mass is 32.1. The number of nitrogens with zero attached hydrogens (tertiary/aromatic N) is 4. The number of carbonyl (C=O) groups is 1. The number of hydrogen-bond acceptors (Lipinski definition) is 5. The molecule has 5 nitrogen and oxygen atoms in total. The first-order valence-corrected chi connectivity index (χ1v) is 10.00. The van der Waals surface area contributed by atoms with Crippen LogP contribution in [0.2, 0.25) is 0 Å². The van der Waals surface area contributed by atoms with Crippen molar-refractivity contribution in [2.45, 2.75) is 38.6 Å². The Morgan fingerprint density at radius 2 is 2.12 bits per heavy atom. The molecule has 130 valence electrons. The van der Waals surface area contributed by atoms with Gasteiger partial charge in [-0.25, -0.2) is 9.97 Å². The van der Waals surface area contributed by atoms with Crippen LogP contribution in [0.5, 0.6) is 0 Å². The fourth-order valence-electron chi connectivity index (χ4n) is 3.78. The quantitative estimate of drug-likeness (QED) is 0.850. The van der Waals surface area contributed by atoms with Gasteiger partial charge in [0.2, 0.25) is 5.91 Å². The molecule has 2 fully saturated rings. The van der Waals surface area contributed by atoms with Crippen LogP contribution in [0.4, 0.5) is 5.82 Å². The maximum Gasteiger partial charge on any atom is 0.229 e. The molecule has 2 aromatic heterocycles. The zero-order valence-corrected chi connectivity index (χ0v) is 15.3. The average molecular weight is 354 g/mol. The third-order valence-electron chi connectivity index (χ3n) is 5.47. The van der Waals surface area contributed by atoms with Gasteiger partial charge in [0.1, 0.15) is 11.6 Å². The first-order chi connectivity index (χ1) is 12.2. The van der Waals surface area contributed by atoms with Crippen molar-refractivity contribution >= 4 is 23.1 Å². The Morgan fingerprint density at radius 3 is 2.92 bits per heavy atom. The standard InChI is InChI=1S/C19H22N4OS/c1-12-8-17(21-18(20-12)13-2-3-13)23-10-15(11-23)19(24)22-6-4-16-14(9-22)5-7-25-16/h5,7-8,13,15H,2-4,6,9-11H2,1H3. The van der Waals surface area contributed by atoms with Crippen molar-refractivity contribution in [1.82, 2.24) is 14.9 Å². The summed E-state index contributed by atoms with van der Waals surface area (Å²) in [5, 5.41) is 2.14. The smallest absolute Gasteiger partial charge is 0.229 e. The molecular formula is C19H22N4OS. The van der Waals surface area contributed by atoms with E-state index < -0.39 is 0 Å². The van der Waals surface area contributed by atoms with Crippen LogP contribution in [0.3, 0.4) is 0 Å². The first kappa shape index (κ1) is 15.3. The maximum absolute atomic E-state index is 12.8. The van der Waals surface area contributed by atoms with E-state index in [9.17, 15) is 4.79 Å². The summed E-state index contributed by atoms with van der Waals surface area (Å²) >= 11 is 1.81. The normalized spacial score (nSPS) is 20.4. The summed E-state index contributed by atoms with van der Waals surface area (Å²) in [5.74, 6) is 2.97. The molecule has 0 radical (unpaired) electrons. The summed E-state index contributed by atoms with van der Waals surface area (Å²) in [4.78, 5) is 27.8. The highest BCUT2D eigenvalue weighted by Crippen LogP contribution is 2.39. The van der Waals surface area contributed by atoms with Crippen LogP contribution in [0.25, 0.3) is 0 Å². The zero-order valence-electron chi connectivity index (χ0n) is 14.4. The van der Waals surface area contributed by atoms with Crippen LogP contribution in [-0.4, -0.2) is 40.4 Å². The van der Waals surface area contributed by atoms with Gasteiger partial charge in [-0.2, -0.15) is 0 Å². The topological polar surface area (TPSA) is 49.3 Å². The lowest BCUT2D eigenvalue weighted by Gasteiger charge is -2.42. The number of aromatic nitrogens is 2.